The minimum Gasteiger partial charge on any atom is -0.468 e. The second kappa shape index (κ2) is 7.38. The first kappa shape index (κ1) is 16.0. The molecule has 17 heavy (non-hydrogen) atoms. The van der Waals surface area contributed by atoms with Gasteiger partial charge in [0.1, 0.15) is 12.6 Å². The van der Waals surface area contributed by atoms with E-state index in [1.54, 1.807) is 5.32 Å². The molecule has 1 atom stereocenters. The Balaban J connectivity index is 3.68. The van der Waals surface area contributed by atoms with Gasteiger partial charge in [0.2, 0.25) is 5.91 Å². The number of methoxy groups -OCH3 is 1. The number of esters is 1. The third kappa shape index (κ3) is 8.81. The largest absolute Gasteiger partial charge is 0.468 e. The highest BCUT2D eigenvalue weighted by Crippen LogP contribution is 2.12. The molecule has 1 amide bonds. The van der Waals surface area contributed by atoms with Gasteiger partial charge in [0.25, 0.3) is 0 Å². The molecule has 1 unspecified atom stereocenters. The number of rotatable bonds is 6. The lowest BCUT2D eigenvalue weighted by Crippen LogP contribution is -2.36. The number of hydrogen-bond acceptors (Lipinski definition) is 5. The van der Waals surface area contributed by atoms with Gasteiger partial charge < -0.3 is 15.8 Å². The molecule has 0 aromatic carbocycles. The lowest BCUT2D eigenvalue weighted by Gasteiger charge is -2.10. The number of thioether (sulfide) groups is 1. The van der Waals surface area contributed by atoms with Crippen molar-refractivity contribution < 1.29 is 27.5 Å². The van der Waals surface area contributed by atoms with Crippen LogP contribution in [-0.4, -0.2) is 49.3 Å². The van der Waals surface area contributed by atoms with E-state index in [0.29, 0.717) is 0 Å². The minimum atomic E-state index is -4.43. The average molecular weight is 274 g/mol. The first-order valence-electron chi connectivity index (χ1n) is 4.51. The maximum absolute atomic E-state index is 11.7. The molecule has 0 saturated heterocycles. The van der Waals surface area contributed by atoms with Crippen LogP contribution in [0.5, 0.6) is 0 Å². The fourth-order valence-electron chi connectivity index (χ4n) is 0.748. The minimum absolute atomic E-state index is 0.103. The first-order valence-corrected chi connectivity index (χ1v) is 5.66. The molecule has 0 saturated carbocycles. The molecule has 9 heteroatoms. The third-order valence-electron chi connectivity index (χ3n) is 1.52. The maximum Gasteiger partial charge on any atom is 0.405 e. The van der Waals surface area contributed by atoms with E-state index in [2.05, 4.69) is 4.74 Å². The van der Waals surface area contributed by atoms with Crippen molar-refractivity contribution in [1.82, 2.24) is 5.32 Å². The molecule has 0 spiro atoms. The number of nitrogens with one attached hydrogen (secondary N) is 1. The molecule has 0 aliphatic carbocycles. The van der Waals surface area contributed by atoms with Crippen LogP contribution >= 0.6 is 11.8 Å². The lowest BCUT2D eigenvalue weighted by atomic mass is 10.4. The zero-order chi connectivity index (χ0) is 13.5. The highest BCUT2D eigenvalue weighted by molar-refractivity contribution is 8.00. The van der Waals surface area contributed by atoms with E-state index in [1.807, 2.05) is 0 Å². The Labute approximate surface area is 100 Å². The van der Waals surface area contributed by atoms with Crippen molar-refractivity contribution in [3.05, 3.63) is 0 Å². The molecule has 0 heterocycles. The van der Waals surface area contributed by atoms with Gasteiger partial charge in [0, 0.05) is 5.75 Å². The number of carbonyl (C=O) groups excluding carboxylic acids is 2. The summed E-state index contributed by atoms with van der Waals surface area (Å²) in [7, 11) is 1.17. The van der Waals surface area contributed by atoms with Crippen LogP contribution in [0.2, 0.25) is 0 Å². The molecule has 5 nitrogen and oxygen atoms in total. The van der Waals surface area contributed by atoms with Crippen molar-refractivity contribution in [3.8, 4) is 0 Å². The SMILES string of the molecule is COC(=O)C(N)CSCC(=O)NCC(F)(F)F. The van der Waals surface area contributed by atoms with Gasteiger partial charge in [-0.05, 0) is 0 Å². The summed E-state index contributed by atoms with van der Waals surface area (Å²) in [5, 5.41) is 1.70. The number of amides is 1. The van der Waals surface area contributed by atoms with Gasteiger partial charge in [0.15, 0.2) is 0 Å². The molecule has 100 valence electrons. The van der Waals surface area contributed by atoms with Gasteiger partial charge in [-0.15, -0.1) is 11.8 Å². The van der Waals surface area contributed by atoms with E-state index in [4.69, 9.17) is 5.73 Å². The van der Waals surface area contributed by atoms with Gasteiger partial charge >= 0.3 is 12.1 Å². The van der Waals surface area contributed by atoms with Crippen molar-refractivity contribution >= 4 is 23.6 Å². The van der Waals surface area contributed by atoms with Crippen LogP contribution in [0.25, 0.3) is 0 Å². The van der Waals surface area contributed by atoms with Gasteiger partial charge in [-0.1, -0.05) is 0 Å². The monoisotopic (exact) mass is 274 g/mol. The van der Waals surface area contributed by atoms with E-state index in [1.165, 1.54) is 7.11 Å². The van der Waals surface area contributed by atoms with Crippen LogP contribution in [0.4, 0.5) is 13.2 Å². The van der Waals surface area contributed by atoms with Gasteiger partial charge in [0.05, 0.1) is 12.9 Å². The predicted octanol–water partition coefficient (Wildman–Crippen LogP) is -0.102. The summed E-state index contributed by atoms with van der Waals surface area (Å²) < 4.78 is 39.5. The Kier molecular flexibility index (Phi) is 6.97. The van der Waals surface area contributed by atoms with E-state index >= 15 is 0 Å². The number of hydrogen-bond donors (Lipinski definition) is 2. The Morgan fingerprint density at radius 3 is 2.53 bits per heavy atom. The molecule has 0 fully saturated rings. The second-order valence-electron chi connectivity index (χ2n) is 3.04. The zero-order valence-corrected chi connectivity index (χ0v) is 9.86. The van der Waals surface area contributed by atoms with Crippen LogP contribution in [0.15, 0.2) is 0 Å². The molecule has 0 rings (SSSR count). The fourth-order valence-corrected chi connectivity index (χ4v) is 1.54. The van der Waals surface area contributed by atoms with Crippen molar-refractivity contribution in [3.63, 3.8) is 0 Å². The van der Waals surface area contributed by atoms with Crippen LogP contribution in [0.3, 0.4) is 0 Å². The summed E-state index contributed by atoms with van der Waals surface area (Å²) in [6, 6.07) is -0.889. The van der Waals surface area contributed by atoms with Gasteiger partial charge in [-0.25, -0.2) is 0 Å². The summed E-state index contributed by atoms with van der Waals surface area (Å²) in [6.07, 6.45) is -4.43. The molecule has 0 radical (unpaired) electrons. The summed E-state index contributed by atoms with van der Waals surface area (Å²) in [4.78, 5) is 21.8. The fraction of sp³-hybridized carbons (Fsp3) is 0.750. The molecule has 3 N–H and O–H groups in total. The molecular formula is C8H13F3N2O3S. The first-order chi connectivity index (χ1) is 7.76. The Hall–Kier alpha value is -0.960. The molecule has 0 aromatic heterocycles. The van der Waals surface area contributed by atoms with Crippen LogP contribution < -0.4 is 11.1 Å². The summed E-state index contributed by atoms with van der Waals surface area (Å²) in [5.41, 5.74) is 5.35. The normalized spacial score (nSPS) is 13.0. The van der Waals surface area contributed by atoms with Crippen LogP contribution in [0.1, 0.15) is 0 Å². The number of ether oxygens (including phenoxy) is 1. The Morgan fingerprint density at radius 1 is 1.47 bits per heavy atom. The van der Waals surface area contributed by atoms with E-state index in [-0.39, 0.29) is 11.5 Å². The van der Waals surface area contributed by atoms with E-state index in [0.717, 1.165) is 11.8 Å². The highest BCUT2D eigenvalue weighted by Gasteiger charge is 2.27. The summed E-state index contributed by atoms with van der Waals surface area (Å²) in [5.74, 6) is -1.48. The van der Waals surface area contributed by atoms with E-state index in [9.17, 15) is 22.8 Å². The number of nitrogens with two attached hydrogens (primary N) is 1. The smallest absolute Gasteiger partial charge is 0.405 e. The summed E-state index contributed by atoms with van der Waals surface area (Å²) in [6.45, 7) is -1.37. The maximum atomic E-state index is 11.7. The van der Waals surface area contributed by atoms with Crippen molar-refractivity contribution in [2.75, 3.05) is 25.2 Å². The zero-order valence-electron chi connectivity index (χ0n) is 9.04. The standard InChI is InChI=1S/C8H13F3N2O3S/c1-16-7(15)5(12)2-17-3-6(14)13-4-8(9,10)11/h5H,2-4,12H2,1H3,(H,13,14). The average Bonchev–Trinajstić information content (AvgIpc) is 2.24. The van der Waals surface area contributed by atoms with E-state index < -0.39 is 30.6 Å². The molecule has 0 aromatic rings. The lowest BCUT2D eigenvalue weighted by molar-refractivity contribution is -0.141. The second-order valence-corrected chi connectivity index (χ2v) is 4.07. The quantitative estimate of drug-likeness (QED) is 0.661. The topological polar surface area (TPSA) is 81.4 Å². The summed E-state index contributed by atoms with van der Waals surface area (Å²) >= 11 is 0.959. The highest BCUT2D eigenvalue weighted by atomic mass is 32.2. The Morgan fingerprint density at radius 2 is 2.06 bits per heavy atom. The Bertz CT molecular complexity index is 273. The van der Waals surface area contributed by atoms with Crippen LogP contribution in [0, 0.1) is 0 Å². The number of halogens is 3. The molecule has 0 aliphatic heterocycles. The third-order valence-corrected chi connectivity index (χ3v) is 2.58. The van der Waals surface area contributed by atoms with Gasteiger partial charge in [-0.3, -0.25) is 9.59 Å². The van der Waals surface area contributed by atoms with Crippen molar-refractivity contribution in [2.24, 2.45) is 5.73 Å². The molecule has 0 aliphatic rings. The molecule has 0 bridgehead atoms. The van der Waals surface area contributed by atoms with Crippen LogP contribution in [-0.2, 0) is 14.3 Å². The molecular weight excluding hydrogens is 261 g/mol. The number of carbonyl (C=O) groups is 2. The van der Waals surface area contributed by atoms with Gasteiger partial charge in [-0.2, -0.15) is 13.2 Å². The predicted molar refractivity (Wildman–Crippen MR) is 56.4 cm³/mol. The van der Waals surface area contributed by atoms with Crippen molar-refractivity contribution in [2.45, 2.75) is 12.2 Å². The van der Waals surface area contributed by atoms with Crippen molar-refractivity contribution in [1.29, 1.82) is 0 Å². The number of alkyl halides is 3.